The van der Waals surface area contributed by atoms with Crippen LogP contribution in [0.1, 0.15) is 38.3 Å². The molecule has 1 aliphatic carbocycles. The molecular formula is C18H24NNa. The number of nitrogen functional groups attached to an aromatic ring is 1. The predicted molar refractivity (Wildman–Crippen MR) is 85.7 cm³/mol. The standard InChI is InChI=1S/C11H15N.C7H9.Na/c1-4-8(2)11-7-10(12)6-5-9(11)3;1-7-5-3-2-4-6-7;/h4-7H,12H2,1-3H3;3-5,7H,6H2,1H3;/q;-1;+1/b8-4-;;. The molecule has 1 aromatic rings. The fourth-order valence-electron chi connectivity index (χ4n) is 1.84. The van der Waals surface area contributed by atoms with Crippen LogP contribution in [0.5, 0.6) is 0 Å². The molecule has 0 aliphatic heterocycles. The van der Waals surface area contributed by atoms with Gasteiger partial charge in [0.15, 0.2) is 0 Å². The second-order valence-corrected chi connectivity index (χ2v) is 4.99. The van der Waals surface area contributed by atoms with Crippen LogP contribution in [0.25, 0.3) is 5.57 Å². The molecule has 102 valence electrons. The Balaban J connectivity index is 0.000000387. The van der Waals surface area contributed by atoms with Gasteiger partial charge in [0.05, 0.1) is 0 Å². The molecule has 0 bridgehead atoms. The predicted octanol–water partition coefficient (Wildman–Crippen LogP) is 1.95. The number of benzene rings is 1. The summed E-state index contributed by atoms with van der Waals surface area (Å²) in [4.78, 5) is 0. The van der Waals surface area contributed by atoms with E-state index in [9.17, 15) is 0 Å². The first-order valence-corrected chi connectivity index (χ1v) is 6.78. The summed E-state index contributed by atoms with van der Waals surface area (Å²) in [5.41, 5.74) is 10.3. The molecule has 1 nitrogen and oxygen atoms in total. The molecule has 0 fully saturated rings. The quantitative estimate of drug-likeness (QED) is 0.474. The molecule has 0 spiro atoms. The largest absolute Gasteiger partial charge is 1.00 e. The van der Waals surface area contributed by atoms with Crippen LogP contribution < -0.4 is 35.3 Å². The minimum atomic E-state index is 0. The third kappa shape index (κ3) is 6.60. The zero-order valence-corrected chi connectivity index (χ0v) is 15.4. The van der Waals surface area contributed by atoms with Crippen molar-refractivity contribution in [1.29, 1.82) is 0 Å². The van der Waals surface area contributed by atoms with Crippen LogP contribution in [0.15, 0.2) is 42.5 Å². The van der Waals surface area contributed by atoms with Crippen molar-refractivity contribution in [2.24, 2.45) is 5.92 Å². The van der Waals surface area contributed by atoms with Crippen molar-refractivity contribution in [3.05, 3.63) is 59.7 Å². The van der Waals surface area contributed by atoms with Gasteiger partial charge in [-0.2, -0.15) is 6.08 Å². The Morgan fingerprint density at radius 1 is 1.40 bits per heavy atom. The second-order valence-electron chi connectivity index (χ2n) is 4.99. The molecule has 0 heterocycles. The van der Waals surface area contributed by atoms with E-state index in [0.717, 1.165) is 18.0 Å². The van der Waals surface area contributed by atoms with Gasteiger partial charge in [0.1, 0.15) is 0 Å². The third-order valence-corrected chi connectivity index (χ3v) is 3.25. The van der Waals surface area contributed by atoms with Gasteiger partial charge in [-0.15, -0.1) is 0 Å². The Labute approximate surface area is 145 Å². The molecule has 0 saturated heterocycles. The van der Waals surface area contributed by atoms with Gasteiger partial charge in [0.2, 0.25) is 0 Å². The fraction of sp³-hybridized carbons (Fsp3) is 0.333. The van der Waals surface area contributed by atoms with E-state index in [0.29, 0.717) is 0 Å². The summed E-state index contributed by atoms with van der Waals surface area (Å²) in [5, 5.41) is 0. The molecule has 2 rings (SSSR count). The Kier molecular flexibility index (Phi) is 9.66. The van der Waals surface area contributed by atoms with Gasteiger partial charge in [-0.25, -0.2) is 12.2 Å². The summed E-state index contributed by atoms with van der Waals surface area (Å²) in [7, 11) is 0. The first-order chi connectivity index (χ1) is 9.04. The Bertz CT molecular complexity index is 498. The van der Waals surface area contributed by atoms with E-state index in [-0.39, 0.29) is 29.6 Å². The molecule has 0 aromatic heterocycles. The number of rotatable bonds is 1. The van der Waals surface area contributed by atoms with E-state index >= 15 is 0 Å². The Morgan fingerprint density at radius 3 is 2.55 bits per heavy atom. The van der Waals surface area contributed by atoms with Crippen molar-refractivity contribution in [3.63, 3.8) is 0 Å². The first kappa shape index (κ1) is 19.2. The van der Waals surface area contributed by atoms with Gasteiger partial charge in [0.25, 0.3) is 0 Å². The molecule has 0 radical (unpaired) electrons. The smallest absolute Gasteiger partial charge is 0.399 e. The summed E-state index contributed by atoms with van der Waals surface area (Å²) in [6.45, 7) is 8.44. The monoisotopic (exact) mass is 277 g/mol. The Morgan fingerprint density at radius 2 is 2.10 bits per heavy atom. The van der Waals surface area contributed by atoms with Gasteiger partial charge >= 0.3 is 29.6 Å². The number of allylic oxidation sites excluding steroid dienone is 6. The van der Waals surface area contributed by atoms with Crippen molar-refractivity contribution < 1.29 is 29.6 Å². The maximum Gasteiger partial charge on any atom is 1.00 e. The zero-order chi connectivity index (χ0) is 14.3. The minimum absolute atomic E-state index is 0. The number of aryl methyl sites for hydroxylation is 1. The molecule has 20 heavy (non-hydrogen) atoms. The molecule has 1 unspecified atom stereocenters. The van der Waals surface area contributed by atoms with E-state index in [4.69, 9.17) is 5.73 Å². The fourth-order valence-corrected chi connectivity index (χ4v) is 1.84. The van der Waals surface area contributed by atoms with Gasteiger partial charge in [-0.1, -0.05) is 31.4 Å². The van der Waals surface area contributed by atoms with Gasteiger partial charge in [0, 0.05) is 5.69 Å². The second kappa shape index (κ2) is 10.0. The SMILES string of the molecule is C/C=C(/C)c1cc(N)ccc1C.CC1C=C[C-]=CC1.[Na+]. The number of nitrogens with two attached hydrogens (primary N) is 1. The number of anilines is 1. The molecule has 1 aromatic carbocycles. The summed E-state index contributed by atoms with van der Waals surface area (Å²) < 4.78 is 0. The summed E-state index contributed by atoms with van der Waals surface area (Å²) >= 11 is 0. The van der Waals surface area contributed by atoms with Crippen molar-refractivity contribution in [2.45, 2.75) is 34.1 Å². The molecule has 0 amide bonds. The summed E-state index contributed by atoms with van der Waals surface area (Å²) in [6, 6.07) is 6.00. The first-order valence-electron chi connectivity index (χ1n) is 6.78. The van der Waals surface area contributed by atoms with Gasteiger partial charge < -0.3 is 5.73 Å². The van der Waals surface area contributed by atoms with E-state index in [1.54, 1.807) is 0 Å². The topological polar surface area (TPSA) is 26.0 Å². The summed E-state index contributed by atoms with van der Waals surface area (Å²) in [6.07, 6.45) is 12.5. The van der Waals surface area contributed by atoms with Crippen LogP contribution in [-0.4, -0.2) is 0 Å². The molecule has 0 saturated carbocycles. The van der Waals surface area contributed by atoms with Crippen LogP contribution in [0.3, 0.4) is 0 Å². The zero-order valence-electron chi connectivity index (χ0n) is 13.4. The maximum atomic E-state index is 5.69. The Hall–Kier alpha value is -0.760. The summed E-state index contributed by atoms with van der Waals surface area (Å²) in [5.74, 6) is 0.737. The van der Waals surface area contributed by atoms with E-state index < -0.39 is 0 Å². The normalized spacial score (nSPS) is 17.0. The van der Waals surface area contributed by atoms with Crippen LogP contribution in [0.2, 0.25) is 0 Å². The average Bonchev–Trinajstić information content (AvgIpc) is 2.42. The molecule has 1 atom stereocenters. The van der Waals surface area contributed by atoms with Crippen LogP contribution in [-0.2, 0) is 0 Å². The van der Waals surface area contributed by atoms with E-state index in [1.807, 2.05) is 25.1 Å². The van der Waals surface area contributed by atoms with Crippen molar-refractivity contribution in [2.75, 3.05) is 5.73 Å². The van der Waals surface area contributed by atoms with Gasteiger partial charge in [-0.05, 0) is 49.6 Å². The van der Waals surface area contributed by atoms with Crippen molar-refractivity contribution in [3.8, 4) is 0 Å². The molecule has 2 heteroatoms. The molecular weight excluding hydrogens is 253 g/mol. The van der Waals surface area contributed by atoms with E-state index in [2.05, 4.69) is 51.1 Å². The van der Waals surface area contributed by atoms with E-state index in [1.165, 1.54) is 16.7 Å². The van der Waals surface area contributed by atoms with Crippen molar-refractivity contribution in [1.82, 2.24) is 0 Å². The van der Waals surface area contributed by atoms with Gasteiger partial charge in [-0.3, -0.25) is 6.08 Å². The van der Waals surface area contributed by atoms with Crippen LogP contribution in [0, 0.1) is 18.9 Å². The van der Waals surface area contributed by atoms with Crippen LogP contribution in [0.4, 0.5) is 5.69 Å². The molecule has 1 aliphatic rings. The number of hydrogen-bond donors (Lipinski definition) is 1. The van der Waals surface area contributed by atoms with Crippen LogP contribution >= 0.6 is 0 Å². The van der Waals surface area contributed by atoms with Crippen molar-refractivity contribution >= 4 is 11.3 Å². The minimum Gasteiger partial charge on any atom is -0.399 e. The number of hydrogen-bond acceptors (Lipinski definition) is 1. The average molecular weight is 277 g/mol. The molecule has 2 N–H and O–H groups in total. The maximum absolute atomic E-state index is 5.69. The third-order valence-electron chi connectivity index (χ3n) is 3.25.